The smallest absolute Gasteiger partial charge is 0.309 e. The highest BCUT2D eigenvalue weighted by Crippen LogP contribution is 2.48. The Hall–Kier alpha value is -0.800. The lowest BCUT2D eigenvalue weighted by Crippen LogP contribution is -2.07. The molecule has 3 nitrogen and oxygen atoms in total. The number of carbonyl (C=O) groups is 1. The summed E-state index contributed by atoms with van der Waals surface area (Å²) in [6.07, 6.45) is 0.801. The molecule has 1 aromatic heterocycles. The second-order valence-electron chi connectivity index (χ2n) is 3.75. The lowest BCUT2D eigenvalue weighted by Gasteiger charge is -2.02. The van der Waals surface area contributed by atoms with Crippen molar-refractivity contribution >= 4 is 29.2 Å². The van der Waals surface area contributed by atoms with Crippen LogP contribution in [0.2, 0.25) is 10.3 Å². The van der Waals surface area contributed by atoms with Crippen LogP contribution in [0.4, 0.5) is 0 Å². The summed E-state index contributed by atoms with van der Waals surface area (Å²) in [5.74, 6) is -0.0110. The van der Waals surface area contributed by atoms with Gasteiger partial charge in [-0.15, -0.1) is 0 Å². The second-order valence-corrected chi connectivity index (χ2v) is 4.52. The molecule has 0 amide bonds. The number of aromatic nitrogens is 1. The fraction of sp³-hybridized carbons (Fsp3) is 0.455. The number of pyridine rings is 1. The van der Waals surface area contributed by atoms with Gasteiger partial charge in [0.1, 0.15) is 10.3 Å². The number of esters is 1. The zero-order chi connectivity index (χ0) is 11.7. The first kappa shape index (κ1) is 11.7. The van der Waals surface area contributed by atoms with Gasteiger partial charge in [-0.25, -0.2) is 4.98 Å². The standard InChI is InChI=1S/C11H11Cl2NO2/c1-2-16-11(15)8-5-7(8)6-3-9(12)14-10(13)4-6/h3-4,7-8H,2,5H2,1H3/t7-,8+/m0/s1. The summed E-state index contributed by atoms with van der Waals surface area (Å²) in [5, 5.41) is 0.717. The summed E-state index contributed by atoms with van der Waals surface area (Å²) in [7, 11) is 0. The molecular formula is C11H11Cl2NO2. The fourth-order valence-corrected chi connectivity index (χ4v) is 2.25. The highest BCUT2D eigenvalue weighted by atomic mass is 35.5. The third-order valence-corrected chi connectivity index (χ3v) is 2.98. The van der Waals surface area contributed by atoms with Gasteiger partial charge in [-0.3, -0.25) is 4.79 Å². The maximum Gasteiger partial charge on any atom is 0.309 e. The Kier molecular flexibility index (Phi) is 3.36. The third kappa shape index (κ3) is 2.47. The molecule has 1 saturated carbocycles. The third-order valence-electron chi connectivity index (χ3n) is 2.59. The SMILES string of the molecule is CCOC(=O)[C@@H]1C[C@H]1c1cc(Cl)nc(Cl)c1. The van der Waals surface area contributed by atoms with Gasteiger partial charge < -0.3 is 4.74 Å². The molecule has 1 fully saturated rings. The molecule has 1 aromatic rings. The number of hydrogen-bond donors (Lipinski definition) is 0. The van der Waals surface area contributed by atoms with Crippen molar-refractivity contribution in [1.82, 2.24) is 4.98 Å². The van der Waals surface area contributed by atoms with Crippen molar-refractivity contribution in [3.05, 3.63) is 28.0 Å². The molecular weight excluding hydrogens is 249 g/mol. The van der Waals surface area contributed by atoms with Crippen molar-refractivity contribution in [3.8, 4) is 0 Å². The monoisotopic (exact) mass is 259 g/mol. The van der Waals surface area contributed by atoms with Gasteiger partial charge >= 0.3 is 5.97 Å². The van der Waals surface area contributed by atoms with Gasteiger partial charge in [0.2, 0.25) is 0 Å². The highest BCUT2D eigenvalue weighted by molar-refractivity contribution is 6.32. The Balaban J connectivity index is 2.08. The predicted octanol–water partition coefficient (Wildman–Crippen LogP) is 3.06. The molecule has 0 aliphatic heterocycles. The number of carbonyl (C=O) groups excluding carboxylic acids is 1. The van der Waals surface area contributed by atoms with Crippen LogP contribution >= 0.6 is 23.2 Å². The molecule has 1 aliphatic rings. The Morgan fingerprint density at radius 2 is 2.12 bits per heavy atom. The van der Waals surface area contributed by atoms with Crippen molar-refractivity contribution in [3.63, 3.8) is 0 Å². The summed E-state index contributed by atoms with van der Waals surface area (Å²) < 4.78 is 4.96. The number of ether oxygens (including phenoxy) is 1. The van der Waals surface area contributed by atoms with E-state index < -0.39 is 0 Å². The molecule has 0 unspecified atom stereocenters. The van der Waals surface area contributed by atoms with Crippen molar-refractivity contribution in [1.29, 1.82) is 0 Å². The Labute approximate surface area is 104 Å². The van der Waals surface area contributed by atoms with E-state index >= 15 is 0 Å². The Morgan fingerprint density at radius 1 is 1.50 bits per heavy atom. The van der Waals surface area contributed by atoms with Crippen LogP contribution in [0.3, 0.4) is 0 Å². The van der Waals surface area contributed by atoms with Gasteiger partial charge in [0.05, 0.1) is 12.5 Å². The summed E-state index contributed by atoms with van der Waals surface area (Å²) in [6.45, 7) is 2.22. The summed E-state index contributed by atoms with van der Waals surface area (Å²) in [5.41, 5.74) is 0.961. The van der Waals surface area contributed by atoms with Gasteiger partial charge in [0.15, 0.2) is 0 Å². The van der Waals surface area contributed by atoms with E-state index in [0.717, 1.165) is 12.0 Å². The van der Waals surface area contributed by atoms with Gasteiger partial charge in [0.25, 0.3) is 0 Å². The molecule has 0 spiro atoms. The van der Waals surface area contributed by atoms with E-state index in [1.807, 2.05) is 0 Å². The first-order chi connectivity index (χ1) is 7.61. The minimum absolute atomic E-state index is 0.0468. The van der Waals surface area contributed by atoms with E-state index in [1.165, 1.54) is 0 Å². The first-order valence-corrected chi connectivity index (χ1v) is 5.87. The van der Waals surface area contributed by atoms with Crippen molar-refractivity contribution in [2.75, 3.05) is 6.61 Å². The van der Waals surface area contributed by atoms with E-state index in [1.54, 1.807) is 19.1 Å². The van der Waals surface area contributed by atoms with Gasteiger partial charge in [-0.05, 0) is 37.0 Å². The molecule has 5 heteroatoms. The normalized spacial score (nSPS) is 22.9. The number of halogens is 2. The van der Waals surface area contributed by atoms with E-state index in [4.69, 9.17) is 27.9 Å². The molecule has 2 rings (SSSR count). The van der Waals surface area contributed by atoms with Crippen LogP contribution in [0.5, 0.6) is 0 Å². The molecule has 2 atom stereocenters. The van der Waals surface area contributed by atoms with Crippen LogP contribution in [0.25, 0.3) is 0 Å². The zero-order valence-corrected chi connectivity index (χ0v) is 10.3. The number of hydrogen-bond acceptors (Lipinski definition) is 3. The highest BCUT2D eigenvalue weighted by Gasteiger charge is 2.45. The van der Waals surface area contributed by atoms with Crippen molar-refractivity contribution < 1.29 is 9.53 Å². The fourth-order valence-electron chi connectivity index (χ4n) is 1.77. The predicted molar refractivity (Wildman–Crippen MR) is 61.7 cm³/mol. The first-order valence-electron chi connectivity index (χ1n) is 5.11. The van der Waals surface area contributed by atoms with Crippen LogP contribution in [-0.4, -0.2) is 17.6 Å². The zero-order valence-electron chi connectivity index (χ0n) is 8.74. The largest absolute Gasteiger partial charge is 0.466 e. The molecule has 1 aliphatic carbocycles. The Morgan fingerprint density at radius 3 is 2.69 bits per heavy atom. The van der Waals surface area contributed by atoms with Crippen molar-refractivity contribution in [2.24, 2.45) is 5.92 Å². The molecule has 0 bridgehead atoms. The molecule has 0 radical (unpaired) electrons. The van der Waals surface area contributed by atoms with Crippen LogP contribution in [0.15, 0.2) is 12.1 Å². The lowest BCUT2D eigenvalue weighted by atomic mass is 10.1. The summed E-state index contributed by atoms with van der Waals surface area (Å²) in [6, 6.07) is 3.49. The average molecular weight is 260 g/mol. The number of nitrogens with zero attached hydrogens (tertiary/aromatic N) is 1. The van der Waals surface area contributed by atoms with Crippen LogP contribution in [0.1, 0.15) is 24.8 Å². The topological polar surface area (TPSA) is 39.2 Å². The van der Waals surface area contributed by atoms with Gasteiger partial charge in [-0.1, -0.05) is 23.2 Å². The van der Waals surface area contributed by atoms with Crippen LogP contribution in [0, 0.1) is 5.92 Å². The number of rotatable bonds is 3. The quantitative estimate of drug-likeness (QED) is 0.619. The lowest BCUT2D eigenvalue weighted by molar-refractivity contribution is -0.144. The average Bonchev–Trinajstić information content (AvgIpc) is 2.95. The maximum absolute atomic E-state index is 11.5. The molecule has 1 heterocycles. The van der Waals surface area contributed by atoms with E-state index in [2.05, 4.69) is 4.98 Å². The van der Waals surface area contributed by atoms with E-state index in [9.17, 15) is 4.79 Å². The summed E-state index contributed by atoms with van der Waals surface area (Å²) >= 11 is 11.6. The van der Waals surface area contributed by atoms with Crippen LogP contribution < -0.4 is 0 Å². The van der Waals surface area contributed by atoms with E-state index in [0.29, 0.717) is 16.9 Å². The molecule has 0 N–H and O–H groups in total. The van der Waals surface area contributed by atoms with E-state index in [-0.39, 0.29) is 17.8 Å². The molecule has 0 saturated heterocycles. The minimum atomic E-state index is -0.142. The second kappa shape index (κ2) is 4.60. The molecule has 16 heavy (non-hydrogen) atoms. The molecule has 86 valence electrons. The van der Waals surface area contributed by atoms with Crippen LogP contribution in [-0.2, 0) is 9.53 Å². The molecule has 0 aromatic carbocycles. The van der Waals surface area contributed by atoms with Gasteiger partial charge in [-0.2, -0.15) is 0 Å². The minimum Gasteiger partial charge on any atom is -0.466 e. The van der Waals surface area contributed by atoms with Crippen molar-refractivity contribution in [2.45, 2.75) is 19.3 Å². The van der Waals surface area contributed by atoms with Gasteiger partial charge in [0, 0.05) is 0 Å². The Bertz CT molecular complexity index is 402. The summed E-state index contributed by atoms with van der Waals surface area (Å²) in [4.78, 5) is 15.3. The maximum atomic E-state index is 11.5.